The lowest BCUT2D eigenvalue weighted by Gasteiger charge is -2.30. The molecule has 0 radical (unpaired) electrons. The van der Waals surface area contributed by atoms with Gasteiger partial charge in [-0.3, -0.25) is 14.4 Å². The van der Waals surface area contributed by atoms with Crippen molar-refractivity contribution in [2.45, 2.75) is 30.0 Å². The van der Waals surface area contributed by atoms with Gasteiger partial charge >= 0.3 is 4.87 Å². The standard InChI is InChI=1S/C26H26N2O6S2/c1-13(2)12-34-17-10-5-14(11-18(17)33-4)19-20-22(35-23-21(19)36-26(31)27-23)25(30)28(24(20)29)15-6-8-16(32-3)9-7-15/h5-11,13,19-20,22H,12H2,1-4H3,(H,27,31). The molecule has 2 amide bonds. The molecular formula is C26H26N2O6S2. The number of hydrogen-bond acceptors (Lipinski definition) is 8. The van der Waals surface area contributed by atoms with Gasteiger partial charge in [0.2, 0.25) is 11.8 Å². The van der Waals surface area contributed by atoms with E-state index in [1.165, 1.54) is 16.7 Å². The summed E-state index contributed by atoms with van der Waals surface area (Å²) in [6.45, 7) is 4.66. The number of nitrogens with zero attached hydrogens (tertiary/aromatic N) is 1. The van der Waals surface area contributed by atoms with Crippen LogP contribution < -0.4 is 24.0 Å². The van der Waals surface area contributed by atoms with Crippen LogP contribution in [-0.4, -0.2) is 42.9 Å². The van der Waals surface area contributed by atoms with Crippen molar-refractivity contribution in [3.8, 4) is 17.2 Å². The largest absolute Gasteiger partial charge is 0.497 e. The summed E-state index contributed by atoms with van der Waals surface area (Å²) >= 11 is 2.33. The van der Waals surface area contributed by atoms with Crippen molar-refractivity contribution >= 4 is 40.6 Å². The summed E-state index contributed by atoms with van der Waals surface area (Å²) in [4.78, 5) is 44.3. The Hall–Kier alpha value is -3.24. The number of anilines is 1. The minimum atomic E-state index is -0.671. The normalized spacial score (nSPS) is 20.9. The third-order valence-electron chi connectivity index (χ3n) is 6.27. The first-order valence-electron chi connectivity index (χ1n) is 11.5. The molecule has 2 aliphatic heterocycles. The molecule has 5 rings (SSSR count). The number of ether oxygens (including phenoxy) is 3. The molecule has 3 atom stereocenters. The molecule has 1 N–H and O–H groups in total. The lowest BCUT2D eigenvalue weighted by molar-refractivity contribution is -0.122. The zero-order valence-corrected chi connectivity index (χ0v) is 21.9. The van der Waals surface area contributed by atoms with Crippen LogP contribution in [0, 0.1) is 11.8 Å². The molecule has 1 fully saturated rings. The number of imide groups is 1. The highest BCUT2D eigenvalue weighted by molar-refractivity contribution is 8.00. The second kappa shape index (κ2) is 9.67. The van der Waals surface area contributed by atoms with Crippen molar-refractivity contribution in [3.63, 3.8) is 0 Å². The van der Waals surface area contributed by atoms with E-state index in [1.807, 2.05) is 18.2 Å². The molecule has 2 aliphatic rings. The number of carbonyl (C=O) groups excluding carboxylic acids is 2. The van der Waals surface area contributed by atoms with Crippen LogP contribution in [0.4, 0.5) is 5.69 Å². The van der Waals surface area contributed by atoms with Crippen LogP contribution in [0.1, 0.15) is 30.2 Å². The molecule has 0 spiro atoms. The van der Waals surface area contributed by atoms with Crippen molar-refractivity contribution in [2.75, 3.05) is 25.7 Å². The first-order valence-corrected chi connectivity index (χ1v) is 13.2. The molecule has 2 aromatic carbocycles. The Morgan fingerprint density at radius 1 is 0.972 bits per heavy atom. The molecule has 0 bridgehead atoms. The Balaban J connectivity index is 1.57. The third-order valence-corrected chi connectivity index (χ3v) is 8.67. The van der Waals surface area contributed by atoms with E-state index < -0.39 is 17.1 Å². The lowest BCUT2D eigenvalue weighted by Crippen LogP contribution is -2.32. The van der Waals surface area contributed by atoms with E-state index >= 15 is 0 Å². The second-order valence-electron chi connectivity index (χ2n) is 9.07. The molecular weight excluding hydrogens is 500 g/mol. The molecule has 0 saturated carbocycles. The number of H-pyrrole nitrogens is 1. The van der Waals surface area contributed by atoms with Crippen LogP contribution in [0.15, 0.2) is 52.3 Å². The highest BCUT2D eigenvalue weighted by atomic mass is 32.2. The smallest absolute Gasteiger partial charge is 0.305 e. The van der Waals surface area contributed by atoms with E-state index in [4.69, 9.17) is 14.2 Å². The average Bonchev–Trinajstić information content (AvgIpc) is 3.37. The van der Waals surface area contributed by atoms with Gasteiger partial charge in [-0.25, -0.2) is 4.90 Å². The molecule has 3 unspecified atom stereocenters. The fourth-order valence-electron chi connectivity index (χ4n) is 4.62. The SMILES string of the molecule is COc1ccc(N2C(=O)C3Sc4[nH]c(=O)sc4C(c4ccc(OCC(C)C)c(OC)c4)C3C2=O)cc1. The number of aromatic nitrogens is 1. The monoisotopic (exact) mass is 526 g/mol. The topological polar surface area (TPSA) is 97.9 Å². The van der Waals surface area contributed by atoms with Crippen molar-refractivity contribution in [1.29, 1.82) is 0 Å². The number of amides is 2. The van der Waals surface area contributed by atoms with Crippen LogP contribution in [0.2, 0.25) is 0 Å². The van der Waals surface area contributed by atoms with Crippen LogP contribution in [-0.2, 0) is 9.59 Å². The minimum Gasteiger partial charge on any atom is -0.497 e. The second-order valence-corrected chi connectivity index (χ2v) is 11.2. The Morgan fingerprint density at radius 3 is 2.39 bits per heavy atom. The van der Waals surface area contributed by atoms with Gasteiger partial charge < -0.3 is 19.2 Å². The zero-order valence-electron chi connectivity index (χ0n) is 20.3. The van der Waals surface area contributed by atoms with E-state index in [0.29, 0.717) is 40.5 Å². The van der Waals surface area contributed by atoms with Gasteiger partial charge in [0.05, 0.1) is 37.5 Å². The van der Waals surface area contributed by atoms with E-state index in [9.17, 15) is 14.4 Å². The highest BCUT2D eigenvalue weighted by Crippen LogP contribution is 2.53. The van der Waals surface area contributed by atoms with Gasteiger partial charge in [0.1, 0.15) is 11.0 Å². The van der Waals surface area contributed by atoms with E-state index in [2.05, 4.69) is 18.8 Å². The highest BCUT2D eigenvalue weighted by Gasteiger charge is 2.56. The predicted octanol–water partition coefficient (Wildman–Crippen LogP) is 4.28. The average molecular weight is 527 g/mol. The number of fused-ring (bicyclic) bond motifs is 2. The van der Waals surface area contributed by atoms with Gasteiger partial charge in [-0.2, -0.15) is 0 Å². The van der Waals surface area contributed by atoms with Gasteiger partial charge in [0.15, 0.2) is 11.5 Å². The first-order chi connectivity index (χ1) is 17.3. The molecule has 10 heteroatoms. The maximum Gasteiger partial charge on any atom is 0.305 e. The quantitative estimate of drug-likeness (QED) is 0.459. The number of methoxy groups -OCH3 is 2. The Kier molecular flexibility index (Phi) is 6.57. The number of hydrogen-bond donors (Lipinski definition) is 1. The van der Waals surface area contributed by atoms with Crippen molar-refractivity contribution < 1.29 is 23.8 Å². The fraction of sp³-hybridized carbons (Fsp3) is 0.346. The molecule has 1 saturated heterocycles. The maximum atomic E-state index is 13.8. The first kappa shape index (κ1) is 24.5. The molecule has 188 valence electrons. The van der Waals surface area contributed by atoms with Crippen LogP contribution in [0.5, 0.6) is 17.2 Å². The summed E-state index contributed by atoms with van der Waals surface area (Å²) in [5, 5.41) is -0.0294. The summed E-state index contributed by atoms with van der Waals surface area (Å²) in [6, 6.07) is 12.4. The minimum absolute atomic E-state index is 0.215. The molecule has 36 heavy (non-hydrogen) atoms. The molecule has 3 heterocycles. The van der Waals surface area contributed by atoms with E-state index in [0.717, 1.165) is 21.8 Å². The molecule has 8 nitrogen and oxygen atoms in total. The van der Waals surface area contributed by atoms with E-state index in [-0.39, 0.29) is 16.7 Å². The van der Waals surface area contributed by atoms with Gasteiger partial charge in [-0.05, 0) is 47.9 Å². The summed E-state index contributed by atoms with van der Waals surface area (Å²) in [5.41, 5.74) is 1.28. The summed E-state index contributed by atoms with van der Waals surface area (Å²) in [6.07, 6.45) is 0. The van der Waals surface area contributed by atoms with Crippen molar-refractivity contribution in [2.24, 2.45) is 11.8 Å². The Labute approximate surface area is 216 Å². The Bertz CT molecular complexity index is 1360. The number of aromatic amines is 1. The fourth-order valence-corrected chi connectivity index (χ4v) is 7.13. The van der Waals surface area contributed by atoms with Crippen LogP contribution >= 0.6 is 23.1 Å². The number of nitrogens with one attached hydrogen (secondary N) is 1. The van der Waals surface area contributed by atoms with Crippen LogP contribution in [0.3, 0.4) is 0 Å². The predicted molar refractivity (Wildman–Crippen MR) is 139 cm³/mol. The number of thiazole rings is 1. The lowest BCUT2D eigenvalue weighted by atomic mass is 9.83. The van der Waals surface area contributed by atoms with Crippen LogP contribution in [0.25, 0.3) is 0 Å². The Morgan fingerprint density at radius 2 is 1.72 bits per heavy atom. The van der Waals surface area contributed by atoms with Gasteiger partial charge in [-0.15, -0.1) is 0 Å². The molecule has 0 aliphatic carbocycles. The van der Waals surface area contributed by atoms with E-state index in [1.54, 1.807) is 38.5 Å². The van der Waals surface area contributed by atoms with Gasteiger partial charge in [0, 0.05) is 10.8 Å². The number of rotatable bonds is 7. The number of benzene rings is 2. The zero-order chi connectivity index (χ0) is 25.6. The number of thioether (sulfide) groups is 1. The summed E-state index contributed by atoms with van der Waals surface area (Å²) in [5.74, 6) is 0.373. The van der Waals surface area contributed by atoms with Gasteiger partial charge in [-0.1, -0.05) is 43.0 Å². The molecule has 1 aromatic heterocycles. The summed E-state index contributed by atoms with van der Waals surface area (Å²) in [7, 11) is 3.13. The van der Waals surface area contributed by atoms with Crippen molar-refractivity contribution in [1.82, 2.24) is 4.98 Å². The third kappa shape index (κ3) is 4.18. The maximum absolute atomic E-state index is 13.8. The van der Waals surface area contributed by atoms with Crippen molar-refractivity contribution in [3.05, 3.63) is 62.6 Å². The van der Waals surface area contributed by atoms with Gasteiger partial charge in [0.25, 0.3) is 0 Å². The summed E-state index contributed by atoms with van der Waals surface area (Å²) < 4.78 is 16.7. The molecule has 3 aromatic rings. The number of carbonyl (C=O) groups is 2.